The van der Waals surface area contributed by atoms with Crippen LogP contribution < -0.4 is 15.3 Å². The van der Waals surface area contributed by atoms with Crippen LogP contribution in [0.2, 0.25) is 0 Å². The molecule has 0 atom stereocenters. The molecule has 0 fully saturated rings. The molecule has 7 nitrogen and oxygen atoms in total. The molecule has 9 heteroatoms. The van der Waals surface area contributed by atoms with Crippen LogP contribution in [0.1, 0.15) is 21.6 Å². The number of thiazole rings is 1. The Bertz CT molecular complexity index is 865. The highest BCUT2D eigenvalue weighted by Gasteiger charge is 2.22. The van der Waals surface area contributed by atoms with Gasteiger partial charge in [-0.1, -0.05) is 17.4 Å². The van der Waals surface area contributed by atoms with Crippen LogP contribution in [0.15, 0.2) is 27.2 Å². The lowest BCUT2D eigenvalue weighted by Crippen LogP contribution is -2.17. The number of nitrogens with two attached hydrogens (primary N) is 1. The number of nitrogens with one attached hydrogen (secondary N) is 2. The number of aromatic nitrogens is 1. The number of rotatable bonds is 4. The van der Waals surface area contributed by atoms with Crippen molar-refractivity contribution in [2.24, 2.45) is 5.73 Å². The Kier molecular flexibility index (Phi) is 3.88. The van der Waals surface area contributed by atoms with Gasteiger partial charge in [0, 0.05) is 11.3 Å². The van der Waals surface area contributed by atoms with E-state index in [0.29, 0.717) is 16.9 Å². The predicted octanol–water partition coefficient (Wildman–Crippen LogP) is 0.953. The largest absolute Gasteiger partial charge is 0.366 e. The number of hydrogen-bond acceptors (Lipinski definition) is 5. The number of aryl methyl sites for hydroxylation is 1. The van der Waals surface area contributed by atoms with Crippen LogP contribution in [0.5, 0.6) is 0 Å². The van der Waals surface area contributed by atoms with Crippen LogP contribution in [0.3, 0.4) is 0 Å². The van der Waals surface area contributed by atoms with E-state index < -0.39 is 20.8 Å². The summed E-state index contributed by atoms with van der Waals surface area (Å²) >= 11 is 0.604. The topological polar surface area (TPSA) is 122 Å². The normalized spacial score (nSPS) is 11.3. The molecular formula is C12H13N3O4S2. The summed E-state index contributed by atoms with van der Waals surface area (Å²) in [6.07, 6.45) is 0. The van der Waals surface area contributed by atoms with Gasteiger partial charge in [0.05, 0.1) is 5.69 Å². The second-order valence-electron chi connectivity index (χ2n) is 4.37. The standard InChI is InChI=1S/C12H13N3O4S2/c1-6-8(10(13)16)4-3-5-9(6)15-21(18,19)11-7(2)14-12(17)20-11/h3-5,15H,1-2H3,(H2,13,16)(H,14,17). The minimum atomic E-state index is -3.90. The highest BCUT2D eigenvalue weighted by Crippen LogP contribution is 2.24. The Morgan fingerprint density at radius 2 is 2.00 bits per heavy atom. The molecule has 21 heavy (non-hydrogen) atoms. The number of primary amides is 1. The molecule has 0 aliphatic carbocycles. The van der Waals surface area contributed by atoms with E-state index in [1.165, 1.54) is 25.1 Å². The molecule has 0 unspecified atom stereocenters. The maximum absolute atomic E-state index is 12.3. The first-order chi connectivity index (χ1) is 9.72. The van der Waals surface area contributed by atoms with Crippen LogP contribution in [0.25, 0.3) is 0 Å². The molecule has 2 aromatic rings. The molecule has 0 bridgehead atoms. The highest BCUT2D eigenvalue weighted by atomic mass is 32.2. The molecule has 0 saturated carbocycles. The summed E-state index contributed by atoms with van der Waals surface area (Å²) in [5.74, 6) is -0.643. The number of aromatic amines is 1. The van der Waals surface area contributed by atoms with E-state index in [2.05, 4.69) is 9.71 Å². The second-order valence-corrected chi connectivity index (χ2v) is 7.24. The van der Waals surface area contributed by atoms with Gasteiger partial charge in [-0.2, -0.15) is 0 Å². The van der Waals surface area contributed by atoms with Crippen molar-refractivity contribution < 1.29 is 13.2 Å². The van der Waals surface area contributed by atoms with Gasteiger partial charge in [0.15, 0.2) is 4.21 Å². The Morgan fingerprint density at radius 3 is 2.52 bits per heavy atom. The van der Waals surface area contributed by atoms with Gasteiger partial charge in [-0.25, -0.2) is 8.42 Å². The molecule has 0 saturated heterocycles. The van der Waals surface area contributed by atoms with Gasteiger partial charge >= 0.3 is 4.87 Å². The van der Waals surface area contributed by atoms with E-state index in [1.807, 2.05) is 0 Å². The Labute approximate surface area is 124 Å². The first kappa shape index (κ1) is 15.3. The SMILES string of the molecule is Cc1[nH]c(=O)sc1S(=O)(=O)Nc1cccc(C(N)=O)c1C. The smallest absolute Gasteiger partial charge is 0.306 e. The fraction of sp³-hybridized carbons (Fsp3) is 0.167. The number of amides is 1. The van der Waals surface area contributed by atoms with Gasteiger partial charge < -0.3 is 10.7 Å². The summed E-state index contributed by atoms with van der Waals surface area (Å²) in [7, 11) is -3.90. The fourth-order valence-electron chi connectivity index (χ4n) is 1.85. The summed E-state index contributed by atoms with van der Waals surface area (Å²) < 4.78 is 26.9. The number of sulfonamides is 1. The number of benzene rings is 1. The fourth-order valence-corrected chi connectivity index (χ4v) is 4.28. The number of carbonyl (C=O) groups excluding carboxylic acids is 1. The molecule has 1 amide bonds. The summed E-state index contributed by atoms with van der Waals surface area (Å²) in [5, 5.41) is 0. The molecule has 2 rings (SSSR count). The van der Waals surface area contributed by atoms with Crippen LogP contribution in [0, 0.1) is 13.8 Å². The van der Waals surface area contributed by atoms with Crippen molar-refractivity contribution in [1.29, 1.82) is 0 Å². The van der Waals surface area contributed by atoms with E-state index in [1.54, 1.807) is 6.92 Å². The average molecular weight is 327 g/mol. The molecular weight excluding hydrogens is 314 g/mol. The molecule has 0 radical (unpaired) electrons. The predicted molar refractivity (Wildman–Crippen MR) is 80.2 cm³/mol. The van der Waals surface area contributed by atoms with Crippen LogP contribution in [-0.4, -0.2) is 19.3 Å². The zero-order chi connectivity index (χ0) is 15.8. The van der Waals surface area contributed by atoms with Gasteiger partial charge in [0.1, 0.15) is 0 Å². The van der Waals surface area contributed by atoms with Crippen LogP contribution in [0.4, 0.5) is 5.69 Å². The molecule has 1 aromatic heterocycles. The molecule has 0 spiro atoms. The van der Waals surface area contributed by atoms with Crippen LogP contribution in [-0.2, 0) is 10.0 Å². The Balaban J connectivity index is 2.47. The van der Waals surface area contributed by atoms with Crippen molar-refractivity contribution in [1.82, 2.24) is 4.98 Å². The van der Waals surface area contributed by atoms with Crippen molar-refractivity contribution >= 4 is 33.0 Å². The molecule has 1 aromatic carbocycles. The van der Waals surface area contributed by atoms with E-state index in [9.17, 15) is 18.0 Å². The van der Waals surface area contributed by atoms with E-state index in [4.69, 9.17) is 5.73 Å². The third-order valence-electron chi connectivity index (χ3n) is 2.87. The van der Waals surface area contributed by atoms with Gasteiger partial charge in [0.25, 0.3) is 10.0 Å². The maximum Gasteiger partial charge on any atom is 0.306 e. The summed E-state index contributed by atoms with van der Waals surface area (Å²) in [6.45, 7) is 3.09. The first-order valence-corrected chi connectivity index (χ1v) is 8.14. The summed E-state index contributed by atoms with van der Waals surface area (Å²) in [5.41, 5.74) is 6.39. The lowest BCUT2D eigenvalue weighted by molar-refractivity contribution is 0.0999. The van der Waals surface area contributed by atoms with E-state index >= 15 is 0 Å². The third-order valence-corrected chi connectivity index (χ3v) is 5.84. The van der Waals surface area contributed by atoms with Gasteiger partial charge in [-0.05, 0) is 31.5 Å². The zero-order valence-electron chi connectivity index (χ0n) is 11.3. The minimum Gasteiger partial charge on any atom is -0.366 e. The van der Waals surface area contributed by atoms with Crippen molar-refractivity contribution in [2.45, 2.75) is 18.1 Å². The lowest BCUT2D eigenvalue weighted by atomic mass is 10.1. The van der Waals surface area contributed by atoms with Gasteiger partial charge in [-0.15, -0.1) is 0 Å². The molecule has 4 N–H and O–H groups in total. The number of hydrogen-bond donors (Lipinski definition) is 3. The maximum atomic E-state index is 12.3. The van der Waals surface area contributed by atoms with Crippen LogP contribution >= 0.6 is 11.3 Å². The molecule has 1 heterocycles. The number of H-pyrrole nitrogens is 1. The zero-order valence-corrected chi connectivity index (χ0v) is 12.9. The molecule has 0 aliphatic rings. The quantitative estimate of drug-likeness (QED) is 0.774. The molecule has 0 aliphatic heterocycles. The van der Waals surface area contributed by atoms with E-state index in [0.717, 1.165) is 0 Å². The monoisotopic (exact) mass is 327 g/mol. The van der Waals surface area contributed by atoms with Gasteiger partial charge in [0.2, 0.25) is 5.91 Å². The number of anilines is 1. The van der Waals surface area contributed by atoms with Crippen molar-refractivity contribution in [3.63, 3.8) is 0 Å². The van der Waals surface area contributed by atoms with E-state index in [-0.39, 0.29) is 21.2 Å². The first-order valence-electron chi connectivity index (χ1n) is 5.84. The summed E-state index contributed by atoms with van der Waals surface area (Å²) in [4.78, 5) is 24.5. The Hall–Kier alpha value is -2.13. The van der Waals surface area contributed by atoms with Crippen molar-refractivity contribution in [3.8, 4) is 0 Å². The average Bonchev–Trinajstić information content (AvgIpc) is 2.71. The third kappa shape index (κ3) is 2.98. The summed E-state index contributed by atoms with van der Waals surface area (Å²) in [6, 6.07) is 4.55. The number of carbonyl (C=O) groups is 1. The Morgan fingerprint density at radius 1 is 1.33 bits per heavy atom. The minimum absolute atomic E-state index is 0.0867. The lowest BCUT2D eigenvalue weighted by Gasteiger charge is -2.11. The highest BCUT2D eigenvalue weighted by molar-refractivity contribution is 7.94. The molecule has 112 valence electrons. The van der Waals surface area contributed by atoms with Crippen molar-refractivity contribution in [2.75, 3.05) is 4.72 Å². The van der Waals surface area contributed by atoms with Crippen molar-refractivity contribution in [3.05, 3.63) is 44.7 Å². The second kappa shape index (κ2) is 5.34. The van der Waals surface area contributed by atoms with Gasteiger partial charge in [-0.3, -0.25) is 14.3 Å².